The smallest absolute Gasteiger partial charge is 0.146 e. The Morgan fingerprint density at radius 3 is 2.17 bits per heavy atom. The summed E-state index contributed by atoms with van der Waals surface area (Å²) in [4.78, 5) is 13.6. The lowest BCUT2D eigenvalue weighted by Crippen LogP contribution is -2.36. The van der Waals surface area contributed by atoms with Crippen LogP contribution in [0.4, 0.5) is 0 Å². The molecule has 18 heavy (non-hydrogen) atoms. The Kier molecular flexibility index (Phi) is 8.30. The number of carbonyl (C=O) groups is 1. The van der Waals surface area contributed by atoms with Gasteiger partial charge in [0.15, 0.2) is 0 Å². The summed E-state index contributed by atoms with van der Waals surface area (Å²) >= 11 is 0. The molecule has 0 amide bonds. The Morgan fingerprint density at radius 1 is 1.17 bits per heavy atom. The van der Waals surface area contributed by atoms with Crippen LogP contribution < -0.4 is 0 Å². The first-order chi connectivity index (χ1) is 8.57. The van der Waals surface area contributed by atoms with Gasteiger partial charge in [-0.15, -0.1) is 0 Å². The maximum Gasteiger partial charge on any atom is 0.146 e. The molecule has 2 atom stereocenters. The Labute approximate surface area is 112 Å². The maximum absolute atomic E-state index is 11.4. The number of hydrogen-bond donors (Lipinski definition) is 0. The summed E-state index contributed by atoms with van der Waals surface area (Å²) in [6, 6.07) is 0.514. The average Bonchev–Trinajstić information content (AvgIpc) is 2.74. The first-order valence-electron chi connectivity index (χ1n) is 6.76. The molecule has 0 bridgehead atoms. The molecule has 102 valence electrons. The van der Waals surface area contributed by atoms with Crippen molar-refractivity contribution in [3.63, 3.8) is 0 Å². The molecule has 2 nitrogen and oxygen atoms in total. The third-order valence-corrected chi connectivity index (χ3v) is 3.30. The number of likely N-dealkylation sites (tertiary alicyclic amines) is 1. The molecule has 0 aliphatic carbocycles. The van der Waals surface area contributed by atoms with Crippen molar-refractivity contribution in [1.82, 2.24) is 4.90 Å². The van der Waals surface area contributed by atoms with E-state index in [0.29, 0.717) is 6.04 Å². The van der Waals surface area contributed by atoms with Crippen molar-refractivity contribution in [3.8, 4) is 0 Å². The van der Waals surface area contributed by atoms with E-state index < -0.39 is 0 Å². The number of carbonyl (C=O) groups excluding carboxylic acids is 1. The van der Waals surface area contributed by atoms with Crippen molar-refractivity contribution in [3.05, 3.63) is 36.5 Å². The largest absolute Gasteiger partial charge is 0.298 e. The summed E-state index contributed by atoms with van der Waals surface area (Å²) in [5.41, 5.74) is 1.31. The second kappa shape index (κ2) is 8.87. The third kappa shape index (κ3) is 4.61. The summed E-state index contributed by atoms with van der Waals surface area (Å²) in [7, 11) is 2.04. The van der Waals surface area contributed by atoms with Crippen LogP contribution in [-0.2, 0) is 4.79 Å². The first kappa shape index (κ1) is 16.9. The molecule has 0 N–H and O–H groups in total. The van der Waals surface area contributed by atoms with Crippen LogP contribution in [0.2, 0.25) is 0 Å². The maximum atomic E-state index is 11.4. The number of likely N-dealkylation sites (N-methyl/N-ethyl adjacent to an activating group) is 1. The van der Waals surface area contributed by atoms with E-state index in [1.807, 2.05) is 33.0 Å². The highest BCUT2D eigenvalue weighted by atomic mass is 16.1. The Hall–Kier alpha value is -1.15. The fourth-order valence-corrected chi connectivity index (χ4v) is 2.38. The standard InChI is InChI=1S/C14H21NO.C2H6/c1-5-6-7-8-11(2)13-9-10-14(12(3)16)15(13)4;1-2/h5-8,13-14H,1,9-10H2,2-4H3;1-2H3/b7-6-,11-8+;. The van der Waals surface area contributed by atoms with Crippen molar-refractivity contribution < 1.29 is 4.79 Å². The van der Waals surface area contributed by atoms with Crippen molar-refractivity contribution in [2.24, 2.45) is 0 Å². The number of Topliss-reactive ketones (excluding diaryl/α,β-unsaturated/α-hetero) is 1. The van der Waals surface area contributed by atoms with Crippen LogP contribution in [0.3, 0.4) is 0 Å². The molecule has 1 rings (SSSR count). The topological polar surface area (TPSA) is 20.3 Å². The van der Waals surface area contributed by atoms with E-state index in [4.69, 9.17) is 0 Å². The number of hydrogen-bond acceptors (Lipinski definition) is 2. The Bertz CT molecular complexity index is 328. The number of rotatable bonds is 4. The summed E-state index contributed by atoms with van der Waals surface area (Å²) in [5, 5.41) is 0. The molecule has 1 fully saturated rings. The average molecular weight is 249 g/mol. The highest BCUT2D eigenvalue weighted by molar-refractivity contribution is 5.81. The Morgan fingerprint density at radius 2 is 1.72 bits per heavy atom. The highest BCUT2D eigenvalue weighted by Crippen LogP contribution is 2.27. The molecular weight excluding hydrogens is 222 g/mol. The van der Waals surface area contributed by atoms with Gasteiger partial charge < -0.3 is 0 Å². The van der Waals surface area contributed by atoms with Gasteiger partial charge in [-0.25, -0.2) is 0 Å². The minimum Gasteiger partial charge on any atom is -0.298 e. The highest BCUT2D eigenvalue weighted by Gasteiger charge is 2.33. The fraction of sp³-hybridized carbons (Fsp3) is 0.562. The van der Waals surface area contributed by atoms with Crippen molar-refractivity contribution >= 4 is 5.78 Å². The van der Waals surface area contributed by atoms with E-state index in [-0.39, 0.29) is 11.8 Å². The number of nitrogens with zero attached hydrogens (tertiary/aromatic N) is 1. The quantitative estimate of drug-likeness (QED) is 0.707. The first-order valence-corrected chi connectivity index (χ1v) is 6.76. The SMILES string of the molecule is C=C/C=C\C=C(/C)C1CCC(C(C)=O)N1C.CC. The van der Waals surface area contributed by atoms with Gasteiger partial charge in [0, 0.05) is 6.04 Å². The van der Waals surface area contributed by atoms with Gasteiger partial charge in [0.25, 0.3) is 0 Å². The summed E-state index contributed by atoms with van der Waals surface area (Å²) in [6.45, 7) is 11.4. The molecule has 1 aliphatic rings. The predicted molar refractivity (Wildman–Crippen MR) is 79.7 cm³/mol. The van der Waals surface area contributed by atoms with Crippen molar-refractivity contribution in [1.29, 1.82) is 0 Å². The molecule has 0 aromatic carbocycles. The third-order valence-electron chi connectivity index (χ3n) is 3.30. The van der Waals surface area contributed by atoms with E-state index in [2.05, 4.69) is 24.5 Å². The second-order valence-electron chi connectivity index (χ2n) is 4.42. The zero-order chi connectivity index (χ0) is 14.1. The molecule has 0 spiro atoms. The van der Waals surface area contributed by atoms with E-state index in [9.17, 15) is 4.79 Å². The summed E-state index contributed by atoms with van der Waals surface area (Å²) in [5.74, 6) is 0.277. The van der Waals surface area contributed by atoms with Gasteiger partial charge in [-0.2, -0.15) is 0 Å². The van der Waals surface area contributed by atoms with Gasteiger partial charge in [0.05, 0.1) is 6.04 Å². The van der Waals surface area contributed by atoms with E-state index in [1.54, 1.807) is 13.0 Å². The van der Waals surface area contributed by atoms with Gasteiger partial charge >= 0.3 is 0 Å². The lowest BCUT2D eigenvalue weighted by atomic mass is 10.1. The van der Waals surface area contributed by atoms with Crippen molar-refractivity contribution in [2.75, 3.05) is 7.05 Å². The van der Waals surface area contributed by atoms with Crippen LogP contribution in [0.25, 0.3) is 0 Å². The van der Waals surface area contributed by atoms with Gasteiger partial charge in [-0.3, -0.25) is 9.69 Å². The Balaban J connectivity index is 0.00000137. The normalized spacial score (nSPS) is 24.8. The monoisotopic (exact) mass is 249 g/mol. The molecule has 1 heterocycles. The molecule has 1 saturated heterocycles. The minimum atomic E-state index is 0.108. The van der Waals surface area contributed by atoms with Gasteiger partial charge in [-0.1, -0.05) is 50.3 Å². The van der Waals surface area contributed by atoms with Crippen LogP contribution >= 0.6 is 0 Å². The molecule has 0 aromatic heterocycles. The zero-order valence-electron chi connectivity index (χ0n) is 12.4. The molecule has 2 unspecified atom stereocenters. The molecule has 2 heteroatoms. The van der Waals surface area contributed by atoms with Crippen molar-refractivity contribution in [2.45, 2.75) is 52.6 Å². The van der Waals surface area contributed by atoms with E-state index >= 15 is 0 Å². The lowest BCUT2D eigenvalue weighted by Gasteiger charge is -2.24. The fourth-order valence-electron chi connectivity index (χ4n) is 2.38. The molecule has 0 aromatic rings. The van der Waals surface area contributed by atoms with Gasteiger partial charge in [-0.05, 0) is 33.7 Å². The van der Waals surface area contributed by atoms with Gasteiger partial charge in [0.2, 0.25) is 0 Å². The lowest BCUT2D eigenvalue weighted by molar-refractivity contribution is -0.121. The summed E-state index contributed by atoms with van der Waals surface area (Å²) in [6.07, 6.45) is 9.84. The van der Waals surface area contributed by atoms with Gasteiger partial charge in [0.1, 0.15) is 5.78 Å². The van der Waals surface area contributed by atoms with Crippen LogP contribution in [0, 0.1) is 0 Å². The molecule has 1 aliphatic heterocycles. The predicted octanol–water partition coefficient (Wildman–Crippen LogP) is 3.75. The number of allylic oxidation sites excluding steroid dienone is 4. The van der Waals surface area contributed by atoms with Crippen LogP contribution in [0.1, 0.15) is 40.5 Å². The molecule has 0 radical (unpaired) electrons. The second-order valence-corrected chi connectivity index (χ2v) is 4.42. The minimum absolute atomic E-state index is 0.108. The molecular formula is C16H27NO. The van der Waals surface area contributed by atoms with E-state index in [0.717, 1.165) is 12.8 Å². The number of ketones is 1. The van der Waals surface area contributed by atoms with E-state index in [1.165, 1.54) is 5.57 Å². The zero-order valence-corrected chi connectivity index (χ0v) is 12.4. The van der Waals surface area contributed by atoms with Crippen LogP contribution in [0.5, 0.6) is 0 Å². The molecule has 0 saturated carbocycles. The van der Waals surface area contributed by atoms with Crippen LogP contribution in [0.15, 0.2) is 36.5 Å². The summed E-state index contributed by atoms with van der Waals surface area (Å²) < 4.78 is 0. The van der Waals surface area contributed by atoms with Crippen LogP contribution in [-0.4, -0.2) is 29.8 Å².